The maximum atomic E-state index is 11.6. The standard InChI is InChI=1S/C18H29N5O3.C16H24N4O4/c1-4-15(19-3)12-22-23-18(25)21-11-10-14-6-8-16(9-7-14)26-13-17(24)20-5-2;1-3-13(17-2)10-19-20-16(23)18-9-8-12-4-6-14(7-5-12)24-11-15(21)22/h6-9,12,15,19H,4-5,10-11,13H2,1-3H3,(H,20,24)(H2,21,23,25);4-7,10,13,17H,3,8-9,11H2,1-2H3,(H,21,22)(H2,18,20,23)/b22-12-;19-10-. The molecule has 2 unspecified atom stereocenters. The number of nitrogens with zero attached hydrogens (tertiary/aromatic N) is 2. The van der Waals surface area contributed by atoms with Crippen molar-refractivity contribution in [3.63, 3.8) is 0 Å². The second-order valence-electron chi connectivity index (χ2n) is 10.6. The number of carbonyl (C=O) groups excluding carboxylic acids is 3. The fourth-order valence-corrected chi connectivity index (χ4v) is 3.91. The lowest BCUT2D eigenvalue weighted by molar-refractivity contribution is -0.139. The van der Waals surface area contributed by atoms with E-state index in [0.29, 0.717) is 44.0 Å². The van der Waals surface area contributed by atoms with Crippen molar-refractivity contribution in [3.05, 3.63) is 59.7 Å². The molecule has 16 heteroatoms. The Hall–Kier alpha value is -5.22. The molecule has 5 amide bonds. The highest BCUT2D eigenvalue weighted by Crippen LogP contribution is 2.13. The normalized spacial score (nSPS) is 11.9. The summed E-state index contributed by atoms with van der Waals surface area (Å²) in [5.41, 5.74) is 6.90. The van der Waals surface area contributed by atoms with E-state index >= 15 is 0 Å². The Bertz CT molecular complexity index is 1320. The Kier molecular flexibility index (Phi) is 22.9. The van der Waals surface area contributed by atoms with Crippen LogP contribution in [0, 0.1) is 0 Å². The van der Waals surface area contributed by atoms with Crippen LogP contribution >= 0.6 is 0 Å². The van der Waals surface area contributed by atoms with Gasteiger partial charge >= 0.3 is 18.0 Å². The van der Waals surface area contributed by atoms with E-state index in [9.17, 15) is 19.2 Å². The fourth-order valence-electron chi connectivity index (χ4n) is 3.91. The summed E-state index contributed by atoms with van der Waals surface area (Å²) < 4.78 is 10.4. The number of nitrogens with one attached hydrogen (secondary N) is 7. The number of rotatable bonds is 21. The van der Waals surface area contributed by atoms with Crippen LogP contribution in [-0.2, 0) is 22.4 Å². The number of hydrogen-bond donors (Lipinski definition) is 8. The molecule has 50 heavy (non-hydrogen) atoms. The summed E-state index contributed by atoms with van der Waals surface area (Å²) in [5, 5.41) is 30.5. The first-order valence-corrected chi connectivity index (χ1v) is 16.5. The van der Waals surface area contributed by atoms with Gasteiger partial charge < -0.3 is 41.2 Å². The van der Waals surface area contributed by atoms with E-state index in [1.165, 1.54) is 0 Å². The van der Waals surface area contributed by atoms with Crippen molar-refractivity contribution in [1.29, 1.82) is 0 Å². The van der Waals surface area contributed by atoms with Crippen LogP contribution in [0.15, 0.2) is 58.7 Å². The molecule has 0 heterocycles. The van der Waals surface area contributed by atoms with Gasteiger partial charge in [0, 0.05) is 44.1 Å². The molecular weight excluding hydrogens is 646 g/mol. The first-order chi connectivity index (χ1) is 24.1. The SMILES string of the molecule is CCC(/C=N\NC(=O)NCCc1ccc(OCC(=O)O)cc1)NC.CCNC(=O)COc1ccc(CCNC(=O)N/N=C\C(CC)NC)cc1. The van der Waals surface area contributed by atoms with E-state index in [4.69, 9.17) is 14.6 Å². The van der Waals surface area contributed by atoms with Crippen LogP contribution in [0.2, 0.25) is 0 Å². The zero-order valence-electron chi connectivity index (χ0n) is 29.6. The topological polar surface area (TPSA) is 216 Å². The van der Waals surface area contributed by atoms with E-state index in [1.807, 2.05) is 71.3 Å². The number of carbonyl (C=O) groups is 4. The molecule has 0 aliphatic rings. The van der Waals surface area contributed by atoms with E-state index < -0.39 is 5.97 Å². The Morgan fingerprint density at radius 3 is 1.46 bits per heavy atom. The Balaban J connectivity index is 0.000000502. The first kappa shape index (κ1) is 42.8. The van der Waals surface area contributed by atoms with Gasteiger partial charge in [0.25, 0.3) is 5.91 Å². The molecule has 0 aliphatic carbocycles. The Labute approximate surface area is 294 Å². The van der Waals surface area contributed by atoms with Gasteiger partial charge in [-0.15, -0.1) is 0 Å². The van der Waals surface area contributed by atoms with Crippen LogP contribution in [-0.4, -0.2) is 101 Å². The van der Waals surface area contributed by atoms with Gasteiger partial charge in [-0.25, -0.2) is 25.2 Å². The van der Waals surface area contributed by atoms with Gasteiger partial charge in [0.1, 0.15) is 11.5 Å². The number of aliphatic carboxylic acids is 1. The summed E-state index contributed by atoms with van der Waals surface area (Å²) in [6, 6.07) is 14.1. The van der Waals surface area contributed by atoms with Crippen LogP contribution in [0.5, 0.6) is 11.5 Å². The van der Waals surface area contributed by atoms with Crippen LogP contribution in [0.4, 0.5) is 9.59 Å². The monoisotopic (exact) mass is 699 g/mol. The quantitative estimate of drug-likeness (QED) is 0.0706. The summed E-state index contributed by atoms with van der Waals surface area (Å²) in [6.07, 6.45) is 6.42. The van der Waals surface area contributed by atoms with Gasteiger partial charge in [0.15, 0.2) is 13.2 Å². The molecule has 0 spiro atoms. The van der Waals surface area contributed by atoms with Crippen molar-refractivity contribution in [2.24, 2.45) is 10.2 Å². The van der Waals surface area contributed by atoms with Crippen LogP contribution in [0.1, 0.15) is 44.7 Å². The van der Waals surface area contributed by atoms with E-state index in [1.54, 1.807) is 24.6 Å². The average molecular weight is 700 g/mol. The molecule has 0 saturated heterocycles. The number of carboxylic acid groups (broad SMARTS) is 1. The van der Waals surface area contributed by atoms with E-state index in [0.717, 1.165) is 24.0 Å². The van der Waals surface area contributed by atoms with Crippen molar-refractivity contribution >= 4 is 36.4 Å². The van der Waals surface area contributed by atoms with Crippen molar-refractivity contribution in [2.45, 2.75) is 58.5 Å². The summed E-state index contributed by atoms with van der Waals surface area (Å²) in [4.78, 5) is 44.9. The largest absolute Gasteiger partial charge is 0.484 e. The zero-order chi connectivity index (χ0) is 37.0. The molecular formula is C34H53N9O7. The number of hydrogen-bond acceptors (Lipinski definition) is 10. The second kappa shape index (κ2) is 26.7. The number of urea groups is 2. The minimum absolute atomic E-state index is 0.00186. The first-order valence-electron chi connectivity index (χ1n) is 16.5. The van der Waals surface area contributed by atoms with Crippen molar-refractivity contribution < 1.29 is 33.8 Å². The third kappa shape index (κ3) is 20.9. The van der Waals surface area contributed by atoms with Gasteiger partial charge in [-0.3, -0.25) is 4.79 Å². The predicted octanol–water partition coefficient (Wildman–Crippen LogP) is 2.00. The van der Waals surface area contributed by atoms with Gasteiger partial charge in [-0.1, -0.05) is 38.1 Å². The predicted molar refractivity (Wildman–Crippen MR) is 194 cm³/mol. The lowest BCUT2D eigenvalue weighted by atomic mass is 10.1. The number of benzene rings is 2. The third-order valence-electron chi connectivity index (χ3n) is 6.81. The molecule has 0 radical (unpaired) electrons. The summed E-state index contributed by atoms with van der Waals surface area (Å²) in [7, 11) is 3.68. The average Bonchev–Trinajstić information content (AvgIpc) is 3.11. The van der Waals surface area contributed by atoms with Crippen LogP contribution in [0.25, 0.3) is 0 Å². The molecule has 0 aliphatic heterocycles. The molecule has 16 nitrogen and oxygen atoms in total. The number of ether oxygens (including phenoxy) is 2. The van der Waals surface area contributed by atoms with Crippen molar-refractivity contribution in [3.8, 4) is 11.5 Å². The highest BCUT2D eigenvalue weighted by Gasteiger charge is 2.04. The fraction of sp³-hybridized carbons (Fsp3) is 0.471. The molecule has 8 N–H and O–H groups in total. The summed E-state index contributed by atoms with van der Waals surface area (Å²) in [5.74, 6) is -0.0300. The number of likely N-dealkylation sites (N-methyl/N-ethyl adjacent to an activating group) is 1. The minimum Gasteiger partial charge on any atom is -0.484 e. The molecule has 0 bridgehead atoms. The van der Waals surface area contributed by atoms with Crippen LogP contribution in [0.3, 0.4) is 0 Å². The summed E-state index contributed by atoms with van der Waals surface area (Å²) in [6.45, 7) is 7.08. The molecule has 0 saturated carbocycles. The number of hydrazone groups is 2. The molecule has 2 atom stereocenters. The van der Waals surface area contributed by atoms with Crippen LogP contribution < -0.4 is 46.9 Å². The van der Waals surface area contributed by atoms with Gasteiger partial charge in [0.05, 0.1) is 0 Å². The smallest absolute Gasteiger partial charge is 0.341 e. The Morgan fingerprint density at radius 1 is 0.680 bits per heavy atom. The lowest BCUT2D eigenvalue weighted by Crippen LogP contribution is -2.35. The lowest BCUT2D eigenvalue weighted by Gasteiger charge is -2.08. The van der Waals surface area contributed by atoms with Crippen molar-refractivity contribution in [2.75, 3.05) is 46.9 Å². The number of amides is 5. The molecule has 2 rings (SSSR count). The number of carboxylic acids is 1. The summed E-state index contributed by atoms with van der Waals surface area (Å²) >= 11 is 0. The maximum absolute atomic E-state index is 11.6. The molecule has 2 aromatic rings. The van der Waals surface area contributed by atoms with E-state index in [-0.39, 0.29) is 43.3 Å². The maximum Gasteiger partial charge on any atom is 0.341 e. The van der Waals surface area contributed by atoms with Crippen molar-refractivity contribution in [1.82, 2.24) is 37.4 Å². The third-order valence-corrected chi connectivity index (χ3v) is 6.81. The molecule has 276 valence electrons. The molecule has 0 fully saturated rings. The van der Waals surface area contributed by atoms with Gasteiger partial charge in [-0.2, -0.15) is 10.2 Å². The highest BCUT2D eigenvalue weighted by atomic mass is 16.5. The molecule has 2 aromatic carbocycles. The highest BCUT2D eigenvalue weighted by molar-refractivity contribution is 5.77. The van der Waals surface area contributed by atoms with E-state index in [2.05, 4.69) is 47.6 Å². The Morgan fingerprint density at radius 2 is 1.10 bits per heavy atom. The van der Waals surface area contributed by atoms with Gasteiger partial charge in [0.2, 0.25) is 0 Å². The zero-order valence-corrected chi connectivity index (χ0v) is 29.6. The second-order valence-corrected chi connectivity index (χ2v) is 10.6. The van der Waals surface area contributed by atoms with Gasteiger partial charge in [-0.05, 0) is 82.1 Å². The minimum atomic E-state index is -1.02. The molecule has 0 aromatic heterocycles.